The lowest BCUT2D eigenvalue weighted by molar-refractivity contribution is 0.444. The summed E-state index contributed by atoms with van der Waals surface area (Å²) in [7, 11) is 0. The second-order valence-electron chi connectivity index (χ2n) is 4.13. The Morgan fingerprint density at radius 2 is 2.19 bits per heavy atom. The summed E-state index contributed by atoms with van der Waals surface area (Å²) in [5, 5.41) is 0.148. The third kappa shape index (κ3) is 2.06. The molecule has 3 unspecified atom stereocenters. The van der Waals surface area contributed by atoms with E-state index < -0.39 is 5.82 Å². The lowest BCUT2D eigenvalue weighted by Crippen LogP contribution is -2.30. The summed E-state index contributed by atoms with van der Waals surface area (Å²) in [5.74, 6) is -0.116. The van der Waals surface area contributed by atoms with Crippen LogP contribution in [-0.4, -0.2) is 12.6 Å². The van der Waals surface area contributed by atoms with Crippen LogP contribution in [0.3, 0.4) is 0 Å². The Kier molecular flexibility index (Phi) is 3.44. The zero-order valence-corrected chi connectivity index (χ0v) is 9.76. The summed E-state index contributed by atoms with van der Waals surface area (Å²) >= 11 is 5.77. The molecule has 0 bridgehead atoms. The van der Waals surface area contributed by atoms with Gasteiger partial charge in [0, 0.05) is 12.0 Å². The van der Waals surface area contributed by atoms with E-state index in [0.29, 0.717) is 12.6 Å². The molecule has 88 valence electrons. The van der Waals surface area contributed by atoms with Crippen molar-refractivity contribution in [1.29, 1.82) is 0 Å². The Labute approximate surface area is 99.1 Å². The largest absolute Gasteiger partial charge is 0.330 e. The molecule has 1 aromatic rings. The topological polar surface area (TPSA) is 50.1 Å². The van der Waals surface area contributed by atoms with Crippen LogP contribution in [0.1, 0.15) is 18.5 Å². The summed E-state index contributed by atoms with van der Waals surface area (Å²) in [6, 6.07) is 5.14. The van der Waals surface area contributed by atoms with Gasteiger partial charge in [-0.05, 0) is 31.2 Å². The van der Waals surface area contributed by atoms with Crippen LogP contribution in [0.2, 0.25) is 5.02 Å². The smallest absolute Gasteiger partial charge is 0.141 e. The van der Waals surface area contributed by atoms with E-state index in [0.717, 1.165) is 5.56 Å². The van der Waals surface area contributed by atoms with Gasteiger partial charge < -0.3 is 5.73 Å². The monoisotopic (exact) mass is 243 g/mol. The summed E-state index contributed by atoms with van der Waals surface area (Å²) in [6.07, 6.45) is 0. The molecule has 1 saturated heterocycles. The van der Waals surface area contributed by atoms with Crippen molar-refractivity contribution < 1.29 is 4.39 Å². The van der Waals surface area contributed by atoms with Gasteiger partial charge in [-0.15, -0.1) is 0 Å². The summed E-state index contributed by atoms with van der Waals surface area (Å²) in [5.41, 5.74) is 13.0. The zero-order chi connectivity index (χ0) is 11.7. The van der Waals surface area contributed by atoms with Crippen molar-refractivity contribution in [2.45, 2.75) is 19.0 Å². The minimum Gasteiger partial charge on any atom is -0.330 e. The van der Waals surface area contributed by atoms with Gasteiger partial charge in [-0.25, -0.2) is 9.82 Å². The molecule has 16 heavy (non-hydrogen) atoms. The molecule has 1 aliphatic heterocycles. The molecule has 1 fully saturated rings. The Bertz CT molecular complexity index is 385. The molecule has 5 heteroatoms. The SMILES string of the molecule is CC1NNC(c2ccc(F)c(Cl)c2)C1CN. The van der Waals surface area contributed by atoms with Gasteiger partial charge in [0.2, 0.25) is 0 Å². The van der Waals surface area contributed by atoms with Crippen LogP contribution in [0, 0.1) is 11.7 Å². The fraction of sp³-hybridized carbons (Fsp3) is 0.455. The number of rotatable bonds is 2. The van der Waals surface area contributed by atoms with Crippen molar-refractivity contribution in [3.8, 4) is 0 Å². The molecule has 2 rings (SSSR count). The van der Waals surface area contributed by atoms with E-state index in [1.807, 2.05) is 0 Å². The standard InChI is InChI=1S/C11H15ClFN3/c1-6-8(5-14)11(16-15-6)7-2-3-10(13)9(12)4-7/h2-4,6,8,11,15-16H,5,14H2,1H3. The molecule has 0 saturated carbocycles. The van der Waals surface area contributed by atoms with E-state index in [2.05, 4.69) is 17.8 Å². The molecule has 3 nitrogen and oxygen atoms in total. The van der Waals surface area contributed by atoms with Crippen molar-refractivity contribution in [3.63, 3.8) is 0 Å². The van der Waals surface area contributed by atoms with E-state index in [9.17, 15) is 4.39 Å². The Morgan fingerprint density at radius 1 is 1.44 bits per heavy atom. The van der Waals surface area contributed by atoms with Crippen molar-refractivity contribution in [2.75, 3.05) is 6.54 Å². The molecule has 0 radical (unpaired) electrons. The first-order valence-electron chi connectivity index (χ1n) is 5.29. The van der Waals surface area contributed by atoms with Crippen molar-refractivity contribution in [1.82, 2.24) is 10.9 Å². The lowest BCUT2D eigenvalue weighted by atomic mass is 9.90. The van der Waals surface area contributed by atoms with Gasteiger partial charge >= 0.3 is 0 Å². The lowest BCUT2D eigenvalue weighted by Gasteiger charge is -2.19. The van der Waals surface area contributed by atoms with Crippen LogP contribution < -0.4 is 16.6 Å². The minimum atomic E-state index is -0.395. The number of hydrogen-bond donors (Lipinski definition) is 3. The third-order valence-electron chi connectivity index (χ3n) is 3.11. The molecule has 0 amide bonds. The van der Waals surface area contributed by atoms with Gasteiger partial charge in [0.1, 0.15) is 5.82 Å². The quantitative estimate of drug-likeness (QED) is 0.740. The molecule has 1 aromatic carbocycles. The average Bonchev–Trinajstić information content (AvgIpc) is 2.63. The van der Waals surface area contributed by atoms with E-state index in [1.54, 1.807) is 12.1 Å². The molecule has 4 N–H and O–H groups in total. The number of nitrogens with one attached hydrogen (secondary N) is 2. The normalized spacial score (nSPS) is 29.6. The van der Waals surface area contributed by atoms with Crippen molar-refractivity contribution in [2.24, 2.45) is 11.7 Å². The number of nitrogens with two attached hydrogens (primary N) is 1. The molecule has 3 atom stereocenters. The van der Waals surface area contributed by atoms with E-state index in [1.165, 1.54) is 6.07 Å². The van der Waals surface area contributed by atoms with E-state index >= 15 is 0 Å². The first-order chi connectivity index (χ1) is 7.63. The van der Waals surface area contributed by atoms with Gasteiger partial charge in [0.25, 0.3) is 0 Å². The minimum absolute atomic E-state index is 0.0816. The van der Waals surface area contributed by atoms with E-state index in [-0.39, 0.29) is 17.0 Å². The molecule has 0 aromatic heterocycles. The number of hydrogen-bond acceptors (Lipinski definition) is 3. The van der Waals surface area contributed by atoms with Gasteiger partial charge in [-0.2, -0.15) is 0 Å². The predicted molar refractivity (Wildman–Crippen MR) is 62.4 cm³/mol. The number of benzene rings is 1. The first kappa shape index (κ1) is 11.8. The van der Waals surface area contributed by atoms with E-state index in [4.69, 9.17) is 17.3 Å². The Hall–Kier alpha value is -0.680. The summed E-state index contributed by atoms with van der Waals surface area (Å²) < 4.78 is 13.0. The van der Waals surface area contributed by atoms with Gasteiger partial charge in [0.05, 0.1) is 11.1 Å². The van der Waals surface area contributed by atoms with Crippen LogP contribution in [0.5, 0.6) is 0 Å². The van der Waals surface area contributed by atoms with Crippen LogP contribution in [0.4, 0.5) is 4.39 Å². The van der Waals surface area contributed by atoms with Gasteiger partial charge in [0.15, 0.2) is 0 Å². The average molecular weight is 244 g/mol. The van der Waals surface area contributed by atoms with Crippen LogP contribution in [0.15, 0.2) is 18.2 Å². The van der Waals surface area contributed by atoms with Gasteiger partial charge in [-0.3, -0.25) is 5.43 Å². The second-order valence-corrected chi connectivity index (χ2v) is 4.54. The highest BCUT2D eigenvalue weighted by Crippen LogP contribution is 2.30. The third-order valence-corrected chi connectivity index (χ3v) is 3.40. The maximum Gasteiger partial charge on any atom is 0.141 e. The molecule has 1 aliphatic rings. The fourth-order valence-electron chi connectivity index (χ4n) is 2.10. The number of halogens is 2. The molecular formula is C11H15ClFN3. The maximum atomic E-state index is 13.0. The highest BCUT2D eigenvalue weighted by atomic mass is 35.5. The maximum absolute atomic E-state index is 13.0. The Morgan fingerprint density at radius 3 is 2.81 bits per heavy atom. The summed E-state index contributed by atoms with van der Waals surface area (Å²) in [4.78, 5) is 0. The molecule has 0 aliphatic carbocycles. The molecular weight excluding hydrogens is 229 g/mol. The highest BCUT2D eigenvalue weighted by Gasteiger charge is 2.32. The molecule has 1 heterocycles. The predicted octanol–water partition coefficient (Wildman–Crippen LogP) is 1.59. The fourth-order valence-corrected chi connectivity index (χ4v) is 2.29. The first-order valence-corrected chi connectivity index (χ1v) is 5.67. The van der Waals surface area contributed by atoms with Gasteiger partial charge in [-0.1, -0.05) is 17.7 Å². The second kappa shape index (κ2) is 4.67. The highest BCUT2D eigenvalue weighted by molar-refractivity contribution is 6.30. The van der Waals surface area contributed by atoms with Crippen LogP contribution >= 0.6 is 11.6 Å². The van der Waals surface area contributed by atoms with Crippen LogP contribution in [0.25, 0.3) is 0 Å². The van der Waals surface area contributed by atoms with Crippen LogP contribution in [-0.2, 0) is 0 Å². The van der Waals surface area contributed by atoms with Crippen molar-refractivity contribution in [3.05, 3.63) is 34.6 Å². The molecule has 0 spiro atoms. The Balaban J connectivity index is 2.27. The number of hydrazine groups is 1. The van der Waals surface area contributed by atoms with Crippen molar-refractivity contribution >= 4 is 11.6 Å². The summed E-state index contributed by atoms with van der Waals surface area (Å²) in [6.45, 7) is 2.64. The zero-order valence-electron chi connectivity index (χ0n) is 9.00.